The molecule has 3 N–H and O–H groups in total. The maximum absolute atomic E-state index is 12.1. The number of aromatic amines is 1. The normalized spacial score (nSPS) is 22.7. The molecular formula is C16H20N6O. The third-order valence-electron chi connectivity index (χ3n) is 4.44. The van der Waals surface area contributed by atoms with Crippen LogP contribution in [0.3, 0.4) is 0 Å². The van der Waals surface area contributed by atoms with Gasteiger partial charge in [0, 0.05) is 35.0 Å². The molecule has 0 bridgehead atoms. The average molecular weight is 312 g/mol. The first-order chi connectivity index (χ1) is 11.1. The molecule has 0 aromatic carbocycles. The van der Waals surface area contributed by atoms with E-state index in [0.29, 0.717) is 29.5 Å². The highest BCUT2D eigenvalue weighted by Gasteiger charge is 2.35. The molecule has 2 aliphatic rings. The van der Waals surface area contributed by atoms with Crippen LogP contribution >= 0.6 is 0 Å². The fourth-order valence-electron chi connectivity index (χ4n) is 2.83. The fourth-order valence-corrected chi connectivity index (χ4v) is 2.83. The van der Waals surface area contributed by atoms with Crippen molar-refractivity contribution in [1.29, 1.82) is 0 Å². The molecule has 4 rings (SSSR count). The highest BCUT2D eigenvalue weighted by molar-refractivity contribution is 5.98. The van der Waals surface area contributed by atoms with Crippen molar-refractivity contribution in [3.63, 3.8) is 0 Å². The Bertz CT molecular complexity index is 751. The Morgan fingerprint density at radius 2 is 2.04 bits per heavy atom. The molecule has 120 valence electrons. The van der Waals surface area contributed by atoms with E-state index in [-0.39, 0.29) is 6.03 Å². The number of aromatic nitrogens is 4. The monoisotopic (exact) mass is 312 g/mol. The molecule has 7 heteroatoms. The van der Waals surface area contributed by atoms with E-state index in [9.17, 15) is 4.79 Å². The maximum Gasteiger partial charge on any atom is 0.327 e. The largest absolute Gasteiger partial charge is 0.327 e. The first kappa shape index (κ1) is 14.2. The number of rotatable bonds is 4. The number of carbonyl (C=O) groups excluding carboxylic acids is 1. The molecule has 2 saturated carbocycles. The lowest BCUT2D eigenvalue weighted by Crippen LogP contribution is -2.21. The number of H-pyrrole nitrogens is 1. The second kappa shape index (κ2) is 5.33. The minimum absolute atomic E-state index is 0.343. The van der Waals surface area contributed by atoms with Gasteiger partial charge in [0.2, 0.25) is 5.95 Å². The van der Waals surface area contributed by atoms with E-state index in [2.05, 4.69) is 37.7 Å². The molecule has 2 aromatic rings. The fraction of sp³-hybridized carbons (Fsp3) is 0.500. The van der Waals surface area contributed by atoms with Crippen LogP contribution in [0.5, 0.6) is 0 Å². The smallest absolute Gasteiger partial charge is 0.291 e. The van der Waals surface area contributed by atoms with Crippen LogP contribution in [0.2, 0.25) is 0 Å². The molecule has 0 spiro atoms. The molecule has 23 heavy (non-hydrogen) atoms. The highest BCUT2D eigenvalue weighted by Crippen LogP contribution is 2.46. The Kier molecular flexibility index (Phi) is 3.28. The lowest BCUT2D eigenvalue weighted by atomic mass is 10.2. The number of carbonyl (C=O) groups is 1. The van der Waals surface area contributed by atoms with Crippen LogP contribution in [0.1, 0.15) is 55.1 Å². The van der Waals surface area contributed by atoms with E-state index < -0.39 is 0 Å². The summed E-state index contributed by atoms with van der Waals surface area (Å²) in [4.78, 5) is 20.8. The number of hydrogen-bond acceptors (Lipinski definition) is 4. The first-order valence-corrected chi connectivity index (χ1v) is 8.07. The summed E-state index contributed by atoms with van der Waals surface area (Å²) in [5.74, 6) is 2.62. The predicted molar refractivity (Wildman–Crippen MR) is 86.5 cm³/mol. The lowest BCUT2D eigenvalue weighted by Gasteiger charge is -2.07. The second-order valence-electron chi connectivity index (χ2n) is 6.64. The summed E-state index contributed by atoms with van der Waals surface area (Å²) >= 11 is 0. The van der Waals surface area contributed by atoms with E-state index in [1.165, 1.54) is 6.42 Å². The van der Waals surface area contributed by atoms with Gasteiger partial charge < -0.3 is 0 Å². The van der Waals surface area contributed by atoms with Crippen LogP contribution in [-0.4, -0.2) is 26.2 Å². The van der Waals surface area contributed by atoms with Gasteiger partial charge in [0.05, 0.1) is 0 Å². The lowest BCUT2D eigenvalue weighted by molar-refractivity contribution is 0.262. The number of nitrogens with zero attached hydrogens (tertiary/aromatic N) is 3. The van der Waals surface area contributed by atoms with Crippen molar-refractivity contribution in [1.82, 2.24) is 20.2 Å². The van der Waals surface area contributed by atoms with Crippen LogP contribution < -0.4 is 10.6 Å². The van der Waals surface area contributed by atoms with Gasteiger partial charge in [0.1, 0.15) is 0 Å². The zero-order valence-electron chi connectivity index (χ0n) is 13.3. The summed E-state index contributed by atoms with van der Waals surface area (Å²) in [6.45, 7) is 4.12. The van der Waals surface area contributed by atoms with E-state index in [4.69, 9.17) is 0 Å². The number of urea groups is 1. The number of aryl methyl sites for hydroxylation is 1. The topological polar surface area (TPSA) is 95.6 Å². The molecule has 2 unspecified atom stereocenters. The van der Waals surface area contributed by atoms with E-state index in [0.717, 1.165) is 29.9 Å². The number of nitrogens with one attached hydrogen (secondary N) is 3. The summed E-state index contributed by atoms with van der Waals surface area (Å²) in [6.07, 6.45) is 3.50. The molecule has 2 heterocycles. The van der Waals surface area contributed by atoms with Gasteiger partial charge in [0.25, 0.3) is 0 Å². The number of amides is 2. The van der Waals surface area contributed by atoms with E-state index in [1.807, 2.05) is 19.1 Å². The molecule has 2 fully saturated rings. The van der Waals surface area contributed by atoms with Gasteiger partial charge in [-0.05, 0) is 38.2 Å². The molecule has 2 aromatic heterocycles. The van der Waals surface area contributed by atoms with Gasteiger partial charge in [-0.15, -0.1) is 0 Å². The number of hydrogen-bond donors (Lipinski definition) is 3. The van der Waals surface area contributed by atoms with Crippen molar-refractivity contribution in [3.05, 3.63) is 29.2 Å². The van der Waals surface area contributed by atoms with Gasteiger partial charge in [0.15, 0.2) is 5.82 Å². The van der Waals surface area contributed by atoms with Crippen LogP contribution in [0.15, 0.2) is 12.1 Å². The quantitative estimate of drug-likeness (QED) is 0.808. The Hall–Kier alpha value is -2.44. The van der Waals surface area contributed by atoms with E-state index in [1.54, 1.807) is 0 Å². The van der Waals surface area contributed by atoms with Gasteiger partial charge in [-0.3, -0.25) is 15.7 Å². The molecule has 0 saturated heterocycles. The van der Waals surface area contributed by atoms with Crippen molar-refractivity contribution in [2.45, 2.75) is 44.9 Å². The summed E-state index contributed by atoms with van der Waals surface area (Å²) in [5.41, 5.74) is 2.95. The van der Waals surface area contributed by atoms with Crippen molar-refractivity contribution in [2.75, 3.05) is 10.6 Å². The Morgan fingerprint density at radius 3 is 2.74 bits per heavy atom. The molecule has 0 aliphatic heterocycles. The van der Waals surface area contributed by atoms with Crippen molar-refractivity contribution < 1.29 is 4.79 Å². The standard InChI is InChI=1S/C16H20N6O/c1-8-5-11(8)13-7-14(22-21-13)19-16(23)20-15-17-9(2)6-12(18-15)10-3-4-10/h6-8,10-11H,3-5H2,1-2H3,(H3,17,18,19,20,21,22,23). The van der Waals surface area contributed by atoms with Crippen LogP contribution in [-0.2, 0) is 0 Å². The zero-order valence-corrected chi connectivity index (χ0v) is 13.3. The van der Waals surface area contributed by atoms with Crippen LogP contribution in [0.4, 0.5) is 16.6 Å². The number of anilines is 2. The van der Waals surface area contributed by atoms with Crippen molar-refractivity contribution >= 4 is 17.8 Å². The van der Waals surface area contributed by atoms with Crippen molar-refractivity contribution in [2.24, 2.45) is 5.92 Å². The molecule has 0 radical (unpaired) electrons. The minimum Gasteiger partial charge on any atom is -0.291 e. The summed E-state index contributed by atoms with van der Waals surface area (Å²) in [5, 5.41) is 12.5. The molecular weight excluding hydrogens is 292 g/mol. The summed E-state index contributed by atoms with van der Waals surface area (Å²) in [6, 6.07) is 3.50. The first-order valence-electron chi connectivity index (χ1n) is 8.07. The minimum atomic E-state index is -0.376. The van der Waals surface area contributed by atoms with Crippen LogP contribution in [0.25, 0.3) is 0 Å². The molecule has 2 aliphatic carbocycles. The maximum atomic E-state index is 12.1. The summed E-state index contributed by atoms with van der Waals surface area (Å²) in [7, 11) is 0. The molecule has 7 nitrogen and oxygen atoms in total. The van der Waals surface area contributed by atoms with Gasteiger partial charge in [-0.25, -0.2) is 14.8 Å². The summed E-state index contributed by atoms with van der Waals surface area (Å²) < 4.78 is 0. The highest BCUT2D eigenvalue weighted by atomic mass is 16.2. The predicted octanol–water partition coefficient (Wildman–Crippen LogP) is 3.15. The Labute approximate surface area is 134 Å². The SMILES string of the molecule is Cc1cc(C2CC2)nc(NC(=O)Nc2cc(C3CC3C)[nH]n2)n1. The van der Waals surface area contributed by atoms with Gasteiger partial charge in [-0.1, -0.05) is 6.92 Å². The average Bonchev–Trinajstić information content (AvgIpc) is 3.40. The van der Waals surface area contributed by atoms with Gasteiger partial charge in [-0.2, -0.15) is 5.10 Å². The Balaban J connectivity index is 1.40. The second-order valence-corrected chi connectivity index (χ2v) is 6.64. The van der Waals surface area contributed by atoms with E-state index >= 15 is 0 Å². The third-order valence-corrected chi connectivity index (χ3v) is 4.44. The third kappa shape index (κ3) is 3.18. The molecule has 2 atom stereocenters. The molecule has 2 amide bonds. The van der Waals surface area contributed by atoms with Crippen molar-refractivity contribution in [3.8, 4) is 0 Å². The van der Waals surface area contributed by atoms with Gasteiger partial charge >= 0.3 is 6.03 Å². The van der Waals surface area contributed by atoms with Crippen LogP contribution in [0, 0.1) is 12.8 Å². The Morgan fingerprint density at radius 1 is 1.26 bits per heavy atom. The zero-order chi connectivity index (χ0) is 16.0.